The maximum Gasteiger partial charge on any atom is 0.415 e. The van der Waals surface area contributed by atoms with E-state index >= 15 is 0 Å². The third kappa shape index (κ3) is 5.10. The Bertz CT molecular complexity index is 423. The summed E-state index contributed by atoms with van der Waals surface area (Å²) < 4.78 is 36.7. The maximum atomic E-state index is 12.2. The van der Waals surface area contributed by atoms with Gasteiger partial charge in [-0.2, -0.15) is 13.2 Å². The molecule has 0 bridgehead atoms. The predicted molar refractivity (Wildman–Crippen MR) is 70.3 cm³/mol. The van der Waals surface area contributed by atoms with Gasteiger partial charge in [-0.1, -0.05) is 6.07 Å². The van der Waals surface area contributed by atoms with Crippen LogP contribution in [0.1, 0.15) is 11.8 Å². The SMILES string of the molecule is CC(C(=O)NCc1cccs1)N(C)CC(O)C(F)(F)F. The quantitative estimate of drug-likeness (QED) is 0.839. The van der Waals surface area contributed by atoms with Crippen LogP contribution in [0.2, 0.25) is 0 Å². The van der Waals surface area contributed by atoms with Crippen LogP contribution in [-0.2, 0) is 11.3 Å². The Morgan fingerprint density at radius 3 is 2.70 bits per heavy atom. The number of halogens is 3. The topological polar surface area (TPSA) is 52.6 Å². The number of rotatable bonds is 6. The molecule has 0 radical (unpaired) electrons. The van der Waals surface area contributed by atoms with E-state index in [1.807, 2.05) is 17.5 Å². The zero-order valence-electron chi connectivity index (χ0n) is 11.1. The first-order chi connectivity index (χ1) is 9.21. The van der Waals surface area contributed by atoms with Crippen LogP contribution in [0.25, 0.3) is 0 Å². The molecular formula is C12H17F3N2O2S. The molecule has 1 heterocycles. The lowest BCUT2D eigenvalue weighted by molar-refractivity contribution is -0.208. The summed E-state index contributed by atoms with van der Waals surface area (Å²) in [6.07, 6.45) is -7.14. The second-order valence-electron chi connectivity index (χ2n) is 4.47. The van der Waals surface area contributed by atoms with E-state index in [2.05, 4.69) is 5.32 Å². The summed E-state index contributed by atoms with van der Waals surface area (Å²) in [6, 6.07) is 2.95. The number of carbonyl (C=O) groups is 1. The minimum Gasteiger partial charge on any atom is -0.382 e. The van der Waals surface area contributed by atoms with E-state index in [4.69, 9.17) is 5.11 Å². The molecule has 0 saturated carbocycles. The molecule has 1 aromatic heterocycles. The fraction of sp³-hybridized carbons (Fsp3) is 0.583. The number of nitrogens with one attached hydrogen (secondary N) is 1. The van der Waals surface area contributed by atoms with Gasteiger partial charge in [0, 0.05) is 11.4 Å². The summed E-state index contributed by atoms with van der Waals surface area (Å²) in [6.45, 7) is 1.19. The van der Waals surface area contributed by atoms with Gasteiger partial charge in [0.2, 0.25) is 5.91 Å². The molecule has 1 rings (SSSR count). The lowest BCUT2D eigenvalue weighted by Gasteiger charge is -2.26. The Hall–Kier alpha value is -1.12. The van der Waals surface area contributed by atoms with Gasteiger partial charge in [0.1, 0.15) is 0 Å². The van der Waals surface area contributed by atoms with Crippen molar-refractivity contribution in [2.75, 3.05) is 13.6 Å². The first-order valence-corrected chi connectivity index (χ1v) is 6.85. The van der Waals surface area contributed by atoms with Crippen molar-refractivity contribution in [2.45, 2.75) is 31.8 Å². The lowest BCUT2D eigenvalue weighted by Crippen LogP contribution is -2.48. The van der Waals surface area contributed by atoms with E-state index in [0.717, 1.165) is 4.88 Å². The van der Waals surface area contributed by atoms with Crippen molar-refractivity contribution >= 4 is 17.2 Å². The van der Waals surface area contributed by atoms with Crippen LogP contribution >= 0.6 is 11.3 Å². The normalized spacial score (nSPS) is 15.2. The number of alkyl halides is 3. The molecule has 0 aromatic carbocycles. The fourth-order valence-corrected chi connectivity index (χ4v) is 2.11. The molecule has 2 unspecified atom stereocenters. The van der Waals surface area contributed by atoms with Crippen LogP contribution in [0.5, 0.6) is 0 Å². The van der Waals surface area contributed by atoms with E-state index in [9.17, 15) is 18.0 Å². The maximum absolute atomic E-state index is 12.2. The van der Waals surface area contributed by atoms with Crippen molar-refractivity contribution in [3.05, 3.63) is 22.4 Å². The highest BCUT2D eigenvalue weighted by Crippen LogP contribution is 2.20. The van der Waals surface area contributed by atoms with Gasteiger partial charge in [-0.25, -0.2) is 0 Å². The molecule has 2 atom stereocenters. The molecule has 0 aliphatic heterocycles. The summed E-state index contributed by atoms with van der Waals surface area (Å²) in [5, 5.41) is 13.5. The van der Waals surface area contributed by atoms with Crippen molar-refractivity contribution in [2.24, 2.45) is 0 Å². The third-order valence-corrected chi connectivity index (χ3v) is 3.77. The predicted octanol–water partition coefficient (Wildman–Crippen LogP) is 1.61. The Labute approximate surface area is 119 Å². The molecule has 0 saturated heterocycles. The average Bonchev–Trinajstić information content (AvgIpc) is 2.86. The number of hydrogen-bond acceptors (Lipinski definition) is 4. The van der Waals surface area contributed by atoms with Gasteiger partial charge in [0.05, 0.1) is 12.6 Å². The number of aliphatic hydroxyl groups is 1. The summed E-state index contributed by atoms with van der Waals surface area (Å²) in [4.78, 5) is 13.9. The molecule has 0 aliphatic rings. The minimum atomic E-state index is -4.68. The summed E-state index contributed by atoms with van der Waals surface area (Å²) >= 11 is 1.48. The summed E-state index contributed by atoms with van der Waals surface area (Å²) in [5.41, 5.74) is 0. The molecule has 0 fully saturated rings. The van der Waals surface area contributed by atoms with Gasteiger partial charge in [-0.3, -0.25) is 9.69 Å². The van der Waals surface area contributed by atoms with E-state index in [1.54, 1.807) is 0 Å². The monoisotopic (exact) mass is 310 g/mol. The van der Waals surface area contributed by atoms with Gasteiger partial charge in [-0.05, 0) is 25.4 Å². The van der Waals surface area contributed by atoms with Crippen molar-refractivity contribution in [1.29, 1.82) is 0 Å². The zero-order valence-corrected chi connectivity index (χ0v) is 12.0. The molecule has 1 amide bonds. The largest absolute Gasteiger partial charge is 0.415 e. The molecule has 0 aliphatic carbocycles. The zero-order chi connectivity index (χ0) is 15.3. The second kappa shape index (κ2) is 7.05. The standard InChI is InChI=1S/C12H17F3N2O2S/c1-8(17(2)7-10(18)12(13,14)15)11(19)16-6-9-4-3-5-20-9/h3-5,8,10,18H,6-7H2,1-2H3,(H,16,19). The molecule has 0 spiro atoms. The first kappa shape index (κ1) is 16.9. The van der Waals surface area contributed by atoms with E-state index < -0.39 is 24.9 Å². The Morgan fingerprint density at radius 2 is 2.20 bits per heavy atom. The van der Waals surface area contributed by atoms with Crippen LogP contribution in [0, 0.1) is 0 Å². The molecule has 4 nitrogen and oxygen atoms in total. The van der Waals surface area contributed by atoms with E-state index in [0.29, 0.717) is 6.54 Å². The summed E-state index contributed by atoms with van der Waals surface area (Å²) in [5.74, 6) is -0.379. The highest BCUT2D eigenvalue weighted by Gasteiger charge is 2.39. The van der Waals surface area contributed by atoms with Gasteiger partial charge >= 0.3 is 6.18 Å². The van der Waals surface area contributed by atoms with E-state index in [-0.39, 0.29) is 5.91 Å². The highest BCUT2D eigenvalue weighted by atomic mass is 32.1. The van der Waals surface area contributed by atoms with Crippen LogP contribution < -0.4 is 5.32 Å². The molecule has 1 aromatic rings. The highest BCUT2D eigenvalue weighted by molar-refractivity contribution is 7.09. The smallest absolute Gasteiger partial charge is 0.382 e. The van der Waals surface area contributed by atoms with Crippen molar-refractivity contribution in [1.82, 2.24) is 10.2 Å². The molecule has 114 valence electrons. The van der Waals surface area contributed by atoms with Gasteiger partial charge in [-0.15, -0.1) is 11.3 Å². The van der Waals surface area contributed by atoms with Crippen LogP contribution in [0.4, 0.5) is 13.2 Å². The van der Waals surface area contributed by atoms with Crippen LogP contribution in [-0.4, -0.2) is 47.8 Å². The molecule has 8 heteroatoms. The Morgan fingerprint density at radius 1 is 1.55 bits per heavy atom. The number of aliphatic hydroxyl groups excluding tert-OH is 1. The van der Waals surface area contributed by atoms with Gasteiger partial charge in [0.15, 0.2) is 6.10 Å². The Kier molecular flexibility index (Phi) is 5.97. The van der Waals surface area contributed by atoms with Crippen molar-refractivity contribution in [3.63, 3.8) is 0 Å². The van der Waals surface area contributed by atoms with Gasteiger partial charge in [0.25, 0.3) is 0 Å². The van der Waals surface area contributed by atoms with Crippen LogP contribution in [0.15, 0.2) is 17.5 Å². The number of carbonyl (C=O) groups excluding carboxylic acids is 1. The average molecular weight is 310 g/mol. The third-order valence-electron chi connectivity index (χ3n) is 2.90. The van der Waals surface area contributed by atoms with Gasteiger partial charge < -0.3 is 10.4 Å². The van der Waals surface area contributed by atoms with Crippen molar-refractivity contribution in [3.8, 4) is 0 Å². The molecule has 2 N–H and O–H groups in total. The second-order valence-corrected chi connectivity index (χ2v) is 5.50. The fourth-order valence-electron chi connectivity index (χ4n) is 1.47. The van der Waals surface area contributed by atoms with E-state index in [1.165, 1.54) is 30.2 Å². The van der Waals surface area contributed by atoms with Crippen LogP contribution in [0.3, 0.4) is 0 Å². The van der Waals surface area contributed by atoms with Crippen molar-refractivity contribution < 1.29 is 23.1 Å². The Balaban J connectivity index is 2.43. The number of hydrogen-bond donors (Lipinski definition) is 2. The lowest BCUT2D eigenvalue weighted by atomic mass is 10.2. The summed E-state index contributed by atoms with van der Waals surface area (Å²) in [7, 11) is 1.37. The molecule has 20 heavy (non-hydrogen) atoms. The molecular weight excluding hydrogens is 293 g/mol. The number of likely N-dealkylation sites (N-methyl/N-ethyl adjacent to an activating group) is 1. The number of nitrogens with zero attached hydrogens (tertiary/aromatic N) is 1. The first-order valence-electron chi connectivity index (χ1n) is 5.97. The minimum absolute atomic E-state index is 0.344. The number of amides is 1. The number of thiophene rings is 1.